The van der Waals surface area contributed by atoms with E-state index in [0.29, 0.717) is 53.8 Å². The zero-order valence-electron chi connectivity index (χ0n) is 29.3. The smallest absolute Gasteiger partial charge is 0.251 e. The molecule has 1 aliphatic rings. The van der Waals surface area contributed by atoms with E-state index in [-0.39, 0.29) is 17.6 Å². The molecule has 5 aromatic rings. The fourth-order valence-electron chi connectivity index (χ4n) is 6.38. The molecule has 2 N–H and O–H groups in total. The van der Waals surface area contributed by atoms with Crippen molar-refractivity contribution in [2.75, 3.05) is 26.7 Å². The van der Waals surface area contributed by atoms with Crippen LogP contribution in [-0.4, -0.2) is 43.5 Å². The summed E-state index contributed by atoms with van der Waals surface area (Å²) >= 11 is 0. The highest BCUT2D eigenvalue weighted by atomic mass is 19.1. The molecule has 0 saturated carbocycles. The van der Waals surface area contributed by atoms with Gasteiger partial charge in [-0.1, -0.05) is 92.7 Å². The van der Waals surface area contributed by atoms with Crippen LogP contribution in [0.2, 0.25) is 0 Å². The number of amides is 2. The number of halogens is 1. The number of ether oxygens (including phenoxy) is 2. The highest BCUT2D eigenvalue weighted by Gasteiger charge is 2.40. The van der Waals surface area contributed by atoms with E-state index < -0.39 is 12.0 Å². The van der Waals surface area contributed by atoms with Gasteiger partial charge in [0.1, 0.15) is 35.9 Å². The van der Waals surface area contributed by atoms with Crippen LogP contribution in [0.4, 0.5) is 4.39 Å². The van der Waals surface area contributed by atoms with E-state index in [2.05, 4.69) is 77.9 Å². The molecule has 2 unspecified atom stereocenters. The lowest BCUT2D eigenvalue weighted by atomic mass is 9.88. The van der Waals surface area contributed by atoms with Crippen LogP contribution in [0.1, 0.15) is 58.5 Å². The summed E-state index contributed by atoms with van der Waals surface area (Å²) in [4.78, 5) is 28.9. The average molecular weight is 686 g/mol. The third-order valence-corrected chi connectivity index (χ3v) is 9.02. The number of nitrogens with zero attached hydrogens (tertiary/aromatic N) is 1. The van der Waals surface area contributed by atoms with Gasteiger partial charge in [0.2, 0.25) is 5.91 Å². The van der Waals surface area contributed by atoms with Crippen LogP contribution in [0.15, 0.2) is 121 Å². The van der Waals surface area contributed by atoms with Gasteiger partial charge < -0.3 is 20.1 Å². The molecule has 0 aliphatic carbocycles. The van der Waals surface area contributed by atoms with Crippen molar-refractivity contribution in [1.29, 1.82) is 0 Å². The van der Waals surface area contributed by atoms with Crippen molar-refractivity contribution >= 4 is 11.8 Å². The van der Waals surface area contributed by atoms with Crippen molar-refractivity contribution in [2.45, 2.75) is 39.0 Å². The molecule has 0 spiro atoms. The van der Waals surface area contributed by atoms with Crippen molar-refractivity contribution in [2.24, 2.45) is 5.92 Å². The summed E-state index contributed by atoms with van der Waals surface area (Å²) in [6.07, 6.45) is -0.625. The minimum Gasteiger partial charge on any atom is -0.492 e. The van der Waals surface area contributed by atoms with Crippen LogP contribution in [-0.2, 0) is 17.9 Å². The summed E-state index contributed by atoms with van der Waals surface area (Å²) in [5.74, 6) is 0.0988. The van der Waals surface area contributed by atoms with E-state index in [1.54, 1.807) is 25.2 Å². The van der Waals surface area contributed by atoms with Crippen LogP contribution < -0.4 is 20.1 Å². The first-order valence-corrected chi connectivity index (χ1v) is 17.4. The standard InChI is InChI=1S/C43H44FN3O4/c1-29(2)26-46-42(48)34-17-20-38(50-23-22-47(27-30-10-6-4-7-11-30)28-31-12-8-5-9-13-31)36(25-34)33-16-21-39-37(24-33)40(43(49)45-3)41(51-39)32-14-18-35(44)19-15-32/h4-21,24-25,29,40-41H,22-23,26-28H2,1-3H3,(H,45,49)(H,46,48). The second-order valence-electron chi connectivity index (χ2n) is 13.3. The third-order valence-electron chi connectivity index (χ3n) is 9.02. The Morgan fingerprint density at radius 3 is 2.14 bits per heavy atom. The summed E-state index contributed by atoms with van der Waals surface area (Å²) in [6, 6.07) is 38.0. The average Bonchev–Trinajstić information content (AvgIpc) is 3.53. The van der Waals surface area contributed by atoms with Gasteiger partial charge in [0.05, 0.1) is 0 Å². The van der Waals surface area contributed by atoms with Crippen LogP contribution in [0.25, 0.3) is 11.1 Å². The van der Waals surface area contributed by atoms with Gasteiger partial charge in [-0.2, -0.15) is 0 Å². The molecule has 7 nitrogen and oxygen atoms in total. The SMILES string of the molecule is CNC(=O)C1c2cc(-c3cc(C(=O)NCC(C)C)ccc3OCCN(Cc3ccccc3)Cc3ccccc3)ccc2OC1c1ccc(F)cc1. The Morgan fingerprint density at radius 1 is 0.843 bits per heavy atom. The van der Waals surface area contributed by atoms with Gasteiger partial charge in [0.15, 0.2) is 0 Å². The summed E-state index contributed by atoms with van der Waals surface area (Å²) in [5, 5.41) is 5.79. The number of rotatable bonds is 14. The molecular formula is C43H44FN3O4. The summed E-state index contributed by atoms with van der Waals surface area (Å²) in [5.41, 5.74) is 5.87. The number of nitrogens with one attached hydrogen (secondary N) is 2. The predicted octanol–water partition coefficient (Wildman–Crippen LogP) is 7.92. The minimum atomic E-state index is -0.665. The van der Waals surface area contributed by atoms with E-state index in [4.69, 9.17) is 9.47 Å². The predicted molar refractivity (Wildman–Crippen MR) is 198 cm³/mol. The van der Waals surface area contributed by atoms with Gasteiger partial charge in [0.25, 0.3) is 5.91 Å². The molecular weight excluding hydrogens is 641 g/mol. The zero-order chi connectivity index (χ0) is 35.7. The van der Waals surface area contributed by atoms with Crippen LogP contribution >= 0.6 is 0 Å². The molecule has 2 amide bonds. The van der Waals surface area contributed by atoms with Crippen molar-refractivity contribution in [1.82, 2.24) is 15.5 Å². The molecule has 2 atom stereocenters. The second kappa shape index (κ2) is 16.5. The third kappa shape index (κ3) is 8.83. The summed E-state index contributed by atoms with van der Waals surface area (Å²) in [7, 11) is 1.59. The van der Waals surface area contributed by atoms with Crippen molar-refractivity contribution in [3.63, 3.8) is 0 Å². The highest BCUT2D eigenvalue weighted by molar-refractivity contribution is 5.96. The van der Waals surface area contributed by atoms with Crippen LogP contribution in [0, 0.1) is 11.7 Å². The molecule has 5 aromatic carbocycles. The van der Waals surface area contributed by atoms with Gasteiger partial charge in [-0.05, 0) is 70.6 Å². The summed E-state index contributed by atoms with van der Waals surface area (Å²) in [6.45, 7) is 7.26. The van der Waals surface area contributed by atoms with E-state index >= 15 is 0 Å². The fourth-order valence-corrected chi connectivity index (χ4v) is 6.38. The number of fused-ring (bicyclic) bond motifs is 1. The van der Waals surface area contributed by atoms with Crippen LogP contribution in [0.3, 0.4) is 0 Å². The van der Waals surface area contributed by atoms with Gasteiger partial charge in [-0.3, -0.25) is 14.5 Å². The Morgan fingerprint density at radius 2 is 1.51 bits per heavy atom. The normalized spacial score (nSPS) is 14.9. The molecule has 0 aromatic heterocycles. The van der Waals surface area contributed by atoms with Crippen LogP contribution in [0.5, 0.6) is 11.5 Å². The molecule has 0 fully saturated rings. The Labute approximate surface area is 299 Å². The highest BCUT2D eigenvalue weighted by Crippen LogP contribution is 2.48. The van der Waals surface area contributed by atoms with Gasteiger partial charge in [0, 0.05) is 49.9 Å². The van der Waals surface area contributed by atoms with Gasteiger partial charge in [-0.15, -0.1) is 0 Å². The lowest BCUT2D eigenvalue weighted by molar-refractivity contribution is -0.123. The number of carbonyl (C=O) groups is 2. The molecule has 1 heterocycles. The maximum atomic E-state index is 13.8. The Hall–Kier alpha value is -5.47. The van der Waals surface area contributed by atoms with Crippen molar-refractivity contribution < 1.29 is 23.5 Å². The zero-order valence-corrected chi connectivity index (χ0v) is 29.3. The molecule has 262 valence electrons. The maximum Gasteiger partial charge on any atom is 0.251 e. The van der Waals surface area contributed by atoms with Gasteiger partial charge >= 0.3 is 0 Å². The number of benzene rings is 5. The first-order chi connectivity index (χ1) is 24.8. The van der Waals surface area contributed by atoms with E-state index in [1.165, 1.54) is 23.3 Å². The van der Waals surface area contributed by atoms with Crippen molar-refractivity contribution in [3.05, 3.63) is 155 Å². The Balaban J connectivity index is 1.30. The topological polar surface area (TPSA) is 79.9 Å². The molecule has 0 saturated heterocycles. The first-order valence-electron chi connectivity index (χ1n) is 17.4. The second-order valence-corrected chi connectivity index (χ2v) is 13.3. The quantitative estimate of drug-likeness (QED) is 0.124. The van der Waals surface area contributed by atoms with Crippen molar-refractivity contribution in [3.8, 4) is 22.6 Å². The number of likely N-dealkylation sites (N-methyl/N-ethyl adjacent to an activating group) is 1. The molecule has 1 aliphatic heterocycles. The largest absolute Gasteiger partial charge is 0.492 e. The van der Waals surface area contributed by atoms with E-state index in [1.807, 2.05) is 42.5 Å². The van der Waals surface area contributed by atoms with E-state index in [9.17, 15) is 14.0 Å². The Bertz CT molecular complexity index is 1890. The fraction of sp³-hybridized carbons (Fsp3) is 0.256. The minimum absolute atomic E-state index is 0.169. The molecule has 8 heteroatoms. The molecule has 6 rings (SSSR count). The Kier molecular flexibility index (Phi) is 11.4. The number of hydrogen-bond acceptors (Lipinski definition) is 5. The lowest BCUT2D eigenvalue weighted by Gasteiger charge is -2.23. The monoisotopic (exact) mass is 685 g/mol. The number of hydrogen-bond donors (Lipinski definition) is 2. The number of carbonyl (C=O) groups excluding carboxylic acids is 2. The maximum absolute atomic E-state index is 13.8. The molecule has 51 heavy (non-hydrogen) atoms. The van der Waals surface area contributed by atoms with Gasteiger partial charge in [-0.25, -0.2) is 4.39 Å². The molecule has 0 bridgehead atoms. The summed E-state index contributed by atoms with van der Waals surface area (Å²) < 4.78 is 26.6. The first kappa shape index (κ1) is 35.4. The lowest BCUT2D eigenvalue weighted by Crippen LogP contribution is -2.29. The van der Waals surface area contributed by atoms with E-state index in [0.717, 1.165) is 24.2 Å². The molecule has 0 radical (unpaired) electrons.